The van der Waals surface area contributed by atoms with E-state index in [1.807, 2.05) is 0 Å². The van der Waals surface area contributed by atoms with Gasteiger partial charge in [-0.15, -0.1) is 0 Å². The minimum atomic E-state index is 0.699. The van der Waals surface area contributed by atoms with Crippen LogP contribution in [0.4, 0.5) is 0 Å². The second kappa shape index (κ2) is 3.57. The molecule has 2 aliphatic rings. The van der Waals surface area contributed by atoms with Crippen molar-refractivity contribution in [2.24, 2.45) is 11.8 Å². The summed E-state index contributed by atoms with van der Waals surface area (Å²) in [4.78, 5) is 0. The molecule has 72 valence electrons. The van der Waals surface area contributed by atoms with Gasteiger partial charge < -0.3 is 4.74 Å². The lowest BCUT2D eigenvalue weighted by molar-refractivity contribution is 0.185. The molecule has 1 aliphatic carbocycles. The zero-order chi connectivity index (χ0) is 9.26. The lowest BCUT2D eigenvalue weighted by Crippen LogP contribution is -2.20. The Kier molecular flexibility index (Phi) is 2.43. The highest BCUT2D eigenvalue weighted by atomic mass is 16.5. The Hall–Kier alpha value is -0.720. The molecule has 0 saturated heterocycles. The minimum absolute atomic E-state index is 0.699. The first-order valence-electron chi connectivity index (χ1n) is 5.37. The predicted molar refractivity (Wildman–Crippen MR) is 54.3 cm³/mol. The van der Waals surface area contributed by atoms with Gasteiger partial charge in [-0.2, -0.15) is 0 Å². The molecule has 1 unspecified atom stereocenters. The molecule has 1 heteroatoms. The Bertz CT molecular complexity index is 250. The van der Waals surface area contributed by atoms with E-state index in [9.17, 15) is 0 Å². The van der Waals surface area contributed by atoms with Gasteiger partial charge in [-0.05, 0) is 42.7 Å². The standard InChI is InChI=1S/C12H18O/c1-3-10-6-7-12-11(9(10)2)5-4-8-13-12/h6-7,9-10H,3-5,8H2,1-2H3/t9-,10?/m1/s1. The van der Waals surface area contributed by atoms with Crippen LogP contribution in [0.1, 0.15) is 33.1 Å². The Morgan fingerprint density at radius 3 is 3.15 bits per heavy atom. The molecule has 0 saturated carbocycles. The molecule has 1 nitrogen and oxygen atoms in total. The Morgan fingerprint density at radius 1 is 1.54 bits per heavy atom. The third kappa shape index (κ3) is 1.52. The molecular weight excluding hydrogens is 160 g/mol. The highest BCUT2D eigenvalue weighted by Gasteiger charge is 2.25. The largest absolute Gasteiger partial charge is 0.494 e. The third-order valence-electron chi connectivity index (χ3n) is 3.32. The molecule has 0 bridgehead atoms. The Balaban J connectivity index is 2.23. The van der Waals surface area contributed by atoms with Crippen LogP contribution in [0, 0.1) is 11.8 Å². The molecule has 2 rings (SSSR count). The maximum absolute atomic E-state index is 5.64. The number of hydrogen-bond donors (Lipinski definition) is 0. The van der Waals surface area contributed by atoms with Crippen LogP contribution in [0.25, 0.3) is 0 Å². The van der Waals surface area contributed by atoms with Crippen molar-refractivity contribution in [3.63, 3.8) is 0 Å². The van der Waals surface area contributed by atoms with E-state index in [-0.39, 0.29) is 0 Å². The molecule has 0 radical (unpaired) electrons. The summed E-state index contributed by atoms with van der Waals surface area (Å²) in [5, 5.41) is 0. The molecule has 0 N–H and O–H groups in total. The summed E-state index contributed by atoms with van der Waals surface area (Å²) in [7, 11) is 0. The van der Waals surface area contributed by atoms with Crippen molar-refractivity contribution >= 4 is 0 Å². The summed E-state index contributed by atoms with van der Waals surface area (Å²) >= 11 is 0. The summed E-state index contributed by atoms with van der Waals surface area (Å²) in [6, 6.07) is 0. The van der Waals surface area contributed by atoms with Gasteiger partial charge in [0.15, 0.2) is 0 Å². The molecule has 0 aromatic rings. The quantitative estimate of drug-likeness (QED) is 0.598. The van der Waals surface area contributed by atoms with Crippen LogP contribution < -0.4 is 0 Å². The van der Waals surface area contributed by atoms with Gasteiger partial charge >= 0.3 is 0 Å². The first kappa shape index (κ1) is 8.86. The first-order chi connectivity index (χ1) is 6.33. The van der Waals surface area contributed by atoms with Gasteiger partial charge in [0.2, 0.25) is 0 Å². The van der Waals surface area contributed by atoms with Crippen LogP contribution in [0.5, 0.6) is 0 Å². The van der Waals surface area contributed by atoms with Gasteiger partial charge in [0, 0.05) is 0 Å². The number of hydrogen-bond acceptors (Lipinski definition) is 1. The molecule has 0 amide bonds. The van der Waals surface area contributed by atoms with E-state index < -0.39 is 0 Å². The van der Waals surface area contributed by atoms with Crippen LogP contribution in [0.15, 0.2) is 23.5 Å². The summed E-state index contributed by atoms with van der Waals surface area (Å²) in [6.07, 6.45) is 8.19. The van der Waals surface area contributed by atoms with E-state index in [2.05, 4.69) is 26.0 Å². The van der Waals surface area contributed by atoms with Crippen molar-refractivity contribution in [3.05, 3.63) is 23.5 Å². The summed E-state index contributed by atoms with van der Waals surface area (Å²) in [5.41, 5.74) is 1.56. The van der Waals surface area contributed by atoms with Gasteiger partial charge in [-0.1, -0.05) is 19.9 Å². The zero-order valence-electron chi connectivity index (χ0n) is 8.55. The number of rotatable bonds is 1. The number of ether oxygens (including phenoxy) is 1. The average Bonchev–Trinajstić information content (AvgIpc) is 2.19. The van der Waals surface area contributed by atoms with E-state index in [4.69, 9.17) is 4.74 Å². The highest BCUT2D eigenvalue weighted by Crippen LogP contribution is 2.36. The predicted octanol–water partition coefficient (Wildman–Crippen LogP) is 3.28. The molecule has 1 aliphatic heterocycles. The van der Waals surface area contributed by atoms with Gasteiger partial charge in [0.25, 0.3) is 0 Å². The maximum atomic E-state index is 5.64. The molecule has 0 aromatic heterocycles. The molecule has 0 fully saturated rings. The van der Waals surface area contributed by atoms with Crippen molar-refractivity contribution in [1.29, 1.82) is 0 Å². The lowest BCUT2D eigenvalue weighted by atomic mass is 9.79. The summed E-state index contributed by atoms with van der Waals surface area (Å²) in [5.74, 6) is 2.61. The fourth-order valence-electron chi connectivity index (χ4n) is 2.39. The van der Waals surface area contributed by atoms with Crippen molar-refractivity contribution in [3.8, 4) is 0 Å². The molecular formula is C12H18O. The molecule has 1 heterocycles. The molecule has 2 atom stereocenters. The van der Waals surface area contributed by atoms with Crippen LogP contribution in [-0.4, -0.2) is 6.61 Å². The Morgan fingerprint density at radius 2 is 2.38 bits per heavy atom. The fourth-order valence-corrected chi connectivity index (χ4v) is 2.39. The molecule has 0 aromatic carbocycles. The maximum Gasteiger partial charge on any atom is 0.118 e. The average molecular weight is 178 g/mol. The van der Waals surface area contributed by atoms with E-state index >= 15 is 0 Å². The fraction of sp³-hybridized carbons (Fsp3) is 0.667. The van der Waals surface area contributed by atoms with Gasteiger partial charge in [-0.3, -0.25) is 0 Å². The zero-order valence-corrected chi connectivity index (χ0v) is 8.55. The van der Waals surface area contributed by atoms with E-state index in [1.165, 1.54) is 25.0 Å². The summed E-state index contributed by atoms with van der Waals surface area (Å²) in [6.45, 7) is 5.51. The Labute approximate surface area is 80.5 Å². The normalized spacial score (nSPS) is 32.8. The van der Waals surface area contributed by atoms with Crippen LogP contribution in [0.2, 0.25) is 0 Å². The van der Waals surface area contributed by atoms with Gasteiger partial charge in [-0.25, -0.2) is 0 Å². The van der Waals surface area contributed by atoms with Crippen molar-refractivity contribution in [1.82, 2.24) is 0 Å². The third-order valence-corrected chi connectivity index (χ3v) is 3.32. The highest BCUT2D eigenvalue weighted by molar-refractivity contribution is 5.29. The van der Waals surface area contributed by atoms with E-state index in [0.717, 1.165) is 12.5 Å². The molecule has 0 spiro atoms. The summed E-state index contributed by atoms with van der Waals surface area (Å²) < 4.78 is 5.64. The van der Waals surface area contributed by atoms with Gasteiger partial charge in [0.1, 0.15) is 5.76 Å². The van der Waals surface area contributed by atoms with Crippen molar-refractivity contribution in [2.75, 3.05) is 6.61 Å². The van der Waals surface area contributed by atoms with Crippen molar-refractivity contribution < 1.29 is 4.74 Å². The monoisotopic (exact) mass is 178 g/mol. The van der Waals surface area contributed by atoms with E-state index in [1.54, 1.807) is 5.57 Å². The minimum Gasteiger partial charge on any atom is -0.494 e. The van der Waals surface area contributed by atoms with E-state index in [0.29, 0.717) is 5.92 Å². The number of allylic oxidation sites excluding steroid dienone is 3. The van der Waals surface area contributed by atoms with Gasteiger partial charge in [0.05, 0.1) is 6.61 Å². The van der Waals surface area contributed by atoms with Crippen molar-refractivity contribution in [2.45, 2.75) is 33.1 Å². The topological polar surface area (TPSA) is 9.23 Å². The SMILES string of the molecule is CCC1C=CC2=C(CCCO2)[C@@H]1C. The smallest absolute Gasteiger partial charge is 0.118 e. The first-order valence-corrected chi connectivity index (χ1v) is 5.37. The van der Waals surface area contributed by atoms with Crippen LogP contribution in [0.3, 0.4) is 0 Å². The van der Waals surface area contributed by atoms with Crippen LogP contribution in [-0.2, 0) is 4.74 Å². The second-order valence-corrected chi connectivity index (χ2v) is 4.06. The van der Waals surface area contributed by atoms with Crippen LogP contribution >= 0.6 is 0 Å². The molecule has 13 heavy (non-hydrogen) atoms. The lowest BCUT2D eigenvalue weighted by Gasteiger charge is -2.31. The second-order valence-electron chi connectivity index (χ2n) is 4.06.